The SMILES string of the molecule is CC#CCCC(O)c1ccc(OCC)c(OCC)c1. The Labute approximate surface area is 115 Å². The van der Waals surface area contributed by atoms with Gasteiger partial charge in [-0.2, -0.15) is 0 Å². The molecule has 0 saturated carbocycles. The molecule has 0 aliphatic rings. The van der Waals surface area contributed by atoms with E-state index in [0.717, 1.165) is 5.56 Å². The topological polar surface area (TPSA) is 38.7 Å². The molecular formula is C16H22O3. The molecule has 1 aromatic carbocycles. The fourth-order valence-corrected chi connectivity index (χ4v) is 1.78. The zero-order chi connectivity index (χ0) is 14.1. The highest BCUT2D eigenvalue weighted by atomic mass is 16.5. The van der Waals surface area contributed by atoms with Gasteiger partial charge in [0.05, 0.1) is 19.3 Å². The molecule has 0 amide bonds. The fraction of sp³-hybridized carbons (Fsp3) is 0.500. The van der Waals surface area contributed by atoms with Gasteiger partial charge in [0.1, 0.15) is 0 Å². The Kier molecular flexibility index (Phi) is 6.84. The van der Waals surface area contributed by atoms with Crippen LogP contribution in [0.4, 0.5) is 0 Å². The lowest BCUT2D eigenvalue weighted by Crippen LogP contribution is -2.02. The predicted octanol–water partition coefficient (Wildman–Crippen LogP) is 3.32. The third kappa shape index (κ3) is 4.84. The third-order valence-electron chi connectivity index (χ3n) is 2.67. The summed E-state index contributed by atoms with van der Waals surface area (Å²) in [4.78, 5) is 0. The van der Waals surface area contributed by atoms with Crippen molar-refractivity contribution < 1.29 is 14.6 Å². The molecule has 3 nitrogen and oxygen atoms in total. The summed E-state index contributed by atoms with van der Waals surface area (Å²) in [7, 11) is 0. The van der Waals surface area contributed by atoms with Crippen molar-refractivity contribution in [2.24, 2.45) is 0 Å². The van der Waals surface area contributed by atoms with E-state index in [1.54, 1.807) is 6.92 Å². The Balaban J connectivity index is 2.83. The van der Waals surface area contributed by atoms with Gasteiger partial charge in [-0.25, -0.2) is 0 Å². The van der Waals surface area contributed by atoms with Crippen LogP contribution in [0.15, 0.2) is 18.2 Å². The molecule has 3 heteroatoms. The molecule has 0 aromatic heterocycles. The minimum Gasteiger partial charge on any atom is -0.490 e. The molecule has 19 heavy (non-hydrogen) atoms. The monoisotopic (exact) mass is 262 g/mol. The van der Waals surface area contributed by atoms with E-state index in [2.05, 4.69) is 11.8 Å². The lowest BCUT2D eigenvalue weighted by atomic mass is 10.0. The molecule has 1 aromatic rings. The molecule has 0 aliphatic heterocycles. The maximum atomic E-state index is 10.1. The maximum Gasteiger partial charge on any atom is 0.161 e. The van der Waals surface area contributed by atoms with E-state index >= 15 is 0 Å². The number of hydrogen-bond acceptors (Lipinski definition) is 3. The number of aliphatic hydroxyl groups excluding tert-OH is 1. The zero-order valence-electron chi connectivity index (χ0n) is 11.9. The van der Waals surface area contributed by atoms with E-state index in [1.807, 2.05) is 32.0 Å². The third-order valence-corrected chi connectivity index (χ3v) is 2.67. The van der Waals surface area contributed by atoms with Crippen molar-refractivity contribution in [3.05, 3.63) is 23.8 Å². The van der Waals surface area contributed by atoms with Crippen LogP contribution in [-0.4, -0.2) is 18.3 Å². The van der Waals surface area contributed by atoms with Gasteiger partial charge in [-0.05, 0) is 44.9 Å². The van der Waals surface area contributed by atoms with Crippen molar-refractivity contribution >= 4 is 0 Å². The molecule has 1 unspecified atom stereocenters. The first-order chi connectivity index (χ1) is 9.22. The van der Waals surface area contributed by atoms with E-state index in [0.29, 0.717) is 37.6 Å². The lowest BCUT2D eigenvalue weighted by Gasteiger charge is -2.15. The Hall–Kier alpha value is -1.66. The van der Waals surface area contributed by atoms with Gasteiger partial charge in [-0.15, -0.1) is 11.8 Å². The molecule has 0 bridgehead atoms. The number of aliphatic hydroxyl groups is 1. The number of benzene rings is 1. The van der Waals surface area contributed by atoms with Crippen LogP contribution in [0.5, 0.6) is 11.5 Å². The first-order valence-electron chi connectivity index (χ1n) is 6.70. The van der Waals surface area contributed by atoms with E-state index in [9.17, 15) is 5.11 Å². The molecule has 0 aliphatic carbocycles. The largest absolute Gasteiger partial charge is 0.490 e. The molecule has 0 fully saturated rings. The van der Waals surface area contributed by atoms with Crippen molar-refractivity contribution in [3.63, 3.8) is 0 Å². The second-order valence-electron chi connectivity index (χ2n) is 4.05. The summed E-state index contributed by atoms with van der Waals surface area (Å²) in [6, 6.07) is 5.56. The fourth-order valence-electron chi connectivity index (χ4n) is 1.78. The summed E-state index contributed by atoms with van der Waals surface area (Å²) in [5.41, 5.74) is 0.838. The van der Waals surface area contributed by atoms with Gasteiger partial charge in [0.15, 0.2) is 11.5 Å². The van der Waals surface area contributed by atoms with Crippen LogP contribution >= 0.6 is 0 Å². The second kappa shape index (κ2) is 8.44. The van der Waals surface area contributed by atoms with Gasteiger partial charge in [-0.3, -0.25) is 0 Å². The quantitative estimate of drug-likeness (QED) is 0.766. The smallest absolute Gasteiger partial charge is 0.161 e. The second-order valence-corrected chi connectivity index (χ2v) is 4.05. The Morgan fingerprint density at radius 3 is 2.47 bits per heavy atom. The van der Waals surface area contributed by atoms with Crippen molar-refractivity contribution in [2.45, 2.75) is 39.7 Å². The van der Waals surface area contributed by atoms with E-state index in [-0.39, 0.29) is 0 Å². The minimum atomic E-state index is -0.518. The number of ether oxygens (including phenoxy) is 2. The molecule has 1 N–H and O–H groups in total. The van der Waals surface area contributed by atoms with Crippen LogP contribution < -0.4 is 9.47 Å². The number of hydrogen-bond donors (Lipinski definition) is 1. The van der Waals surface area contributed by atoms with Crippen LogP contribution in [0.25, 0.3) is 0 Å². The van der Waals surface area contributed by atoms with E-state index < -0.39 is 6.10 Å². The summed E-state index contributed by atoms with van der Waals surface area (Å²) in [6.45, 7) is 6.82. The minimum absolute atomic E-state index is 0.518. The Morgan fingerprint density at radius 1 is 1.16 bits per heavy atom. The van der Waals surface area contributed by atoms with Crippen LogP contribution in [-0.2, 0) is 0 Å². The van der Waals surface area contributed by atoms with Gasteiger partial charge in [0, 0.05) is 6.42 Å². The van der Waals surface area contributed by atoms with Gasteiger partial charge in [0.2, 0.25) is 0 Å². The van der Waals surface area contributed by atoms with Crippen LogP contribution in [0, 0.1) is 11.8 Å². The van der Waals surface area contributed by atoms with Gasteiger partial charge >= 0.3 is 0 Å². The van der Waals surface area contributed by atoms with Crippen LogP contribution in [0.3, 0.4) is 0 Å². The van der Waals surface area contributed by atoms with Crippen LogP contribution in [0.2, 0.25) is 0 Å². The molecule has 104 valence electrons. The highest BCUT2D eigenvalue weighted by molar-refractivity contribution is 5.43. The summed E-state index contributed by atoms with van der Waals surface area (Å²) < 4.78 is 11.0. The molecule has 1 rings (SSSR count). The van der Waals surface area contributed by atoms with Crippen molar-refractivity contribution in [2.75, 3.05) is 13.2 Å². The highest BCUT2D eigenvalue weighted by Crippen LogP contribution is 2.31. The van der Waals surface area contributed by atoms with E-state index in [1.165, 1.54) is 0 Å². The Bertz CT molecular complexity index is 443. The van der Waals surface area contributed by atoms with Gasteiger partial charge < -0.3 is 14.6 Å². The lowest BCUT2D eigenvalue weighted by molar-refractivity contribution is 0.168. The van der Waals surface area contributed by atoms with Crippen molar-refractivity contribution in [1.82, 2.24) is 0 Å². The van der Waals surface area contributed by atoms with Gasteiger partial charge in [-0.1, -0.05) is 6.07 Å². The summed E-state index contributed by atoms with van der Waals surface area (Å²) in [5.74, 6) is 7.18. The molecule has 0 saturated heterocycles. The normalized spacial score (nSPS) is 11.4. The average Bonchev–Trinajstić information content (AvgIpc) is 2.41. The zero-order valence-corrected chi connectivity index (χ0v) is 11.9. The van der Waals surface area contributed by atoms with E-state index in [4.69, 9.17) is 9.47 Å². The maximum absolute atomic E-state index is 10.1. The first kappa shape index (κ1) is 15.4. The first-order valence-corrected chi connectivity index (χ1v) is 6.70. The molecule has 1 atom stereocenters. The average molecular weight is 262 g/mol. The van der Waals surface area contributed by atoms with Crippen molar-refractivity contribution in [3.8, 4) is 23.3 Å². The highest BCUT2D eigenvalue weighted by Gasteiger charge is 2.11. The van der Waals surface area contributed by atoms with Crippen molar-refractivity contribution in [1.29, 1.82) is 0 Å². The molecule has 0 spiro atoms. The standard InChI is InChI=1S/C16H22O3/c1-4-7-8-9-14(17)13-10-11-15(18-5-2)16(12-13)19-6-3/h10-12,14,17H,5-6,8-9H2,1-3H3. The summed E-state index contributed by atoms with van der Waals surface area (Å²) >= 11 is 0. The summed E-state index contributed by atoms with van der Waals surface area (Å²) in [6.07, 6.45) is 0.797. The number of rotatable bonds is 7. The predicted molar refractivity (Wildman–Crippen MR) is 76.4 cm³/mol. The Morgan fingerprint density at radius 2 is 1.84 bits per heavy atom. The van der Waals surface area contributed by atoms with Gasteiger partial charge in [0.25, 0.3) is 0 Å². The molecular weight excluding hydrogens is 240 g/mol. The summed E-state index contributed by atoms with van der Waals surface area (Å²) in [5, 5.41) is 10.1. The molecule has 0 radical (unpaired) electrons. The van der Waals surface area contributed by atoms with Crippen LogP contribution in [0.1, 0.15) is 45.3 Å². The molecule has 0 heterocycles.